The molecular weight excluding hydrogens is 306 g/mol. The Morgan fingerprint density at radius 3 is 3.05 bits per heavy atom. The molecule has 19 heavy (non-hydrogen) atoms. The van der Waals surface area contributed by atoms with Gasteiger partial charge in [-0.25, -0.2) is 0 Å². The summed E-state index contributed by atoms with van der Waals surface area (Å²) in [6.45, 7) is 3.70. The first-order chi connectivity index (χ1) is 9.16. The minimum absolute atomic E-state index is 0.0749. The monoisotopic (exact) mass is 325 g/mol. The largest absolute Gasteiger partial charge is 0.354 e. The molecule has 1 atom stereocenters. The summed E-state index contributed by atoms with van der Waals surface area (Å²) in [5.74, 6) is 0.0749. The lowest BCUT2D eigenvalue weighted by Gasteiger charge is -2.33. The highest BCUT2D eigenvalue weighted by atomic mass is 79.9. The molecule has 1 aliphatic heterocycles. The lowest BCUT2D eigenvalue weighted by Crippen LogP contribution is -2.54. The second-order valence-corrected chi connectivity index (χ2v) is 5.77. The first kappa shape index (κ1) is 14.5. The maximum absolute atomic E-state index is 11.9. The zero-order valence-corrected chi connectivity index (χ0v) is 12.7. The fraction of sp³-hybridized carbons (Fsp3) is 0.500. The number of hydrogen-bond donors (Lipinski definition) is 2. The maximum Gasteiger partial charge on any atom is 0.224 e. The Hall–Kier alpha value is -0.910. The summed E-state index contributed by atoms with van der Waals surface area (Å²) in [6.07, 6.45) is 0.422. The Morgan fingerprint density at radius 1 is 1.53 bits per heavy atom. The van der Waals surface area contributed by atoms with Crippen LogP contribution < -0.4 is 10.6 Å². The van der Waals surface area contributed by atoms with Crippen molar-refractivity contribution in [3.8, 4) is 0 Å². The molecule has 0 spiro atoms. The van der Waals surface area contributed by atoms with Crippen LogP contribution in [0.3, 0.4) is 0 Å². The van der Waals surface area contributed by atoms with E-state index in [1.807, 2.05) is 24.3 Å². The molecule has 0 radical (unpaired) electrons. The Bertz CT molecular complexity index is 438. The smallest absolute Gasteiger partial charge is 0.224 e. The summed E-state index contributed by atoms with van der Waals surface area (Å²) >= 11 is 3.46. The molecule has 5 heteroatoms. The van der Waals surface area contributed by atoms with Gasteiger partial charge in [0.05, 0.1) is 6.42 Å². The third-order valence-corrected chi connectivity index (χ3v) is 4.26. The quantitative estimate of drug-likeness (QED) is 0.868. The predicted molar refractivity (Wildman–Crippen MR) is 80.1 cm³/mol. The Kier molecular flexibility index (Phi) is 5.36. The van der Waals surface area contributed by atoms with Crippen LogP contribution in [-0.4, -0.2) is 50.1 Å². The number of carbonyl (C=O) groups is 1. The van der Waals surface area contributed by atoms with Gasteiger partial charge in [0.25, 0.3) is 0 Å². The zero-order valence-electron chi connectivity index (χ0n) is 11.2. The molecule has 2 rings (SSSR count). The van der Waals surface area contributed by atoms with Crippen LogP contribution in [0.2, 0.25) is 0 Å². The van der Waals surface area contributed by atoms with Crippen molar-refractivity contribution in [2.75, 3.05) is 33.2 Å². The van der Waals surface area contributed by atoms with E-state index in [1.165, 1.54) is 0 Å². The molecule has 4 nitrogen and oxygen atoms in total. The number of amides is 1. The van der Waals surface area contributed by atoms with Gasteiger partial charge in [-0.15, -0.1) is 0 Å². The second kappa shape index (κ2) is 7.03. The van der Waals surface area contributed by atoms with Crippen molar-refractivity contribution in [3.05, 3.63) is 34.3 Å². The van der Waals surface area contributed by atoms with Crippen LogP contribution >= 0.6 is 15.9 Å². The topological polar surface area (TPSA) is 44.4 Å². The van der Waals surface area contributed by atoms with Gasteiger partial charge in [-0.2, -0.15) is 0 Å². The molecule has 1 heterocycles. The molecule has 1 unspecified atom stereocenters. The van der Waals surface area contributed by atoms with E-state index < -0.39 is 0 Å². The van der Waals surface area contributed by atoms with Gasteiger partial charge in [0.15, 0.2) is 0 Å². The molecule has 1 saturated heterocycles. The van der Waals surface area contributed by atoms with Gasteiger partial charge in [0, 0.05) is 36.7 Å². The minimum Gasteiger partial charge on any atom is -0.354 e. The summed E-state index contributed by atoms with van der Waals surface area (Å²) in [5, 5.41) is 6.36. The number of nitrogens with one attached hydrogen (secondary N) is 2. The number of likely N-dealkylation sites (N-methyl/N-ethyl adjacent to an activating group) is 1. The number of hydrogen-bond acceptors (Lipinski definition) is 3. The van der Waals surface area contributed by atoms with Gasteiger partial charge in [-0.05, 0) is 18.7 Å². The standard InChI is InChI=1S/C14H20BrN3O/c1-18-7-6-16-9-12(18)10-17-14(19)8-11-4-2-3-5-13(11)15/h2-5,12,16H,6-10H2,1H3,(H,17,19). The van der Waals surface area contributed by atoms with Crippen molar-refractivity contribution < 1.29 is 4.79 Å². The van der Waals surface area contributed by atoms with Crippen molar-refractivity contribution in [1.82, 2.24) is 15.5 Å². The molecule has 1 amide bonds. The molecular formula is C14H20BrN3O. The zero-order chi connectivity index (χ0) is 13.7. The summed E-state index contributed by atoms with van der Waals surface area (Å²) in [4.78, 5) is 14.2. The van der Waals surface area contributed by atoms with E-state index in [9.17, 15) is 4.79 Å². The van der Waals surface area contributed by atoms with Crippen LogP contribution in [0.5, 0.6) is 0 Å². The normalized spacial score (nSPS) is 20.2. The Morgan fingerprint density at radius 2 is 2.32 bits per heavy atom. The highest BCUT2D eigenvalue weighted by Gasteiger charge is 2.18. The first-order valence-corrected chi connectivity index (χ1v) is 7.37. The molecule has 104 valence electrons. The predicted octanol–water partition coefficient (Wildman–Crippen LogP) is 1.01. The van der Waals surface area contributed by atoms with Crippen molar-refractivity contribution in [2.24, 2.45) is 0 Å². The molecule has 1 aliphatic rings. The Labute approximate surface area is 122 Å². The number of piperazine rings is 1. The molecule has 1 fully saturated rings. The van der Waals surface area contributed by atoms with E-state index in [1.54, 1.807) is 0 Å². The van der Waals surface area contributed by atoms with Crippen LogP contribution in [0.25, 0.3) is 0 Å². The summed E-state index contributed by atoms with van der Waals surface area (Å²) < 4.78 is 0.988. The molecule has 0 bridgehead atoms. The van der Waals surface area contributed by atoms with E-state index >= 15 is 0 Å². The van der Waals surface area contributed by atoms with E-state index in [0.717, 1.165) is 29.7 Å². The summed E-state index contributed by atoms with van der Waals surface area (Å²) in [7, 11) is 2.10. The number of halogens is 1. The molecule has 2 N–H and O–H groups in total. The molecule has 1 aromatic rings. The van der Waals surface area contributed by atoms with Gasteiger partial charge in [0.1, 0.15) is 0 Å². The fourth-order valence-corrected chi connectivity index (χ4v) is 2.62. The van der Waals surface area contributed by atoms with Crippen LogP contribution in [0, 0.1) is 0 Å². The van der Waals surface area contributed by atoms with Crippen molar-refractivity contribution in [3.63, 3.8) is 0 Å². The maximum atomic E-state index is 11.9. The second-order valence-electron chi connectivity index (χ2n) is 4.91. The van der Waals surface area contributed by atoms with Crippen LogP contribution in [0.15, 0.2) is 28.7 Å². The van der Waals surface area contributed by atoms with E-state index in [2.05, 4.69) is 38.5 Å². The average molecular weight is 326 g/mol. The number of rotatable bonds is 4. The van der Waals surface area contributed by atoms with Crippen LogP contribution in [0.4, 0.5) is 0 Å². The first-order valence-electron chi connectivity index (χ1n) is 6.58. The third kappa shape index (κ3) is 4.30. The molecule has 0 saturated carbocycles. The number of nitrogens with zero attached hydrogens (tertiary/aromatic N) is 1. The highest BCUT2D eigenvalue weighted by molar-refractivity contribution is 9.10. The van der Waals surface area contributed by atoms with Gasteiger partial charge in [-0.3, -0.25) is 9.69 Å². The van der Waals surface area contributed by atoms with E-state index in [0.29, 0.717) is 19.0 Å². The van der Waals surface area contributed by atoms with Gasteiger partial charge in [-0.1, -0.05) is 34.1 Å². The lowest BCUT2D eigenvalue weighted by atomic mass is 10.1. The highest BCUT2D eigenvalue weighted by Crippen LogP contribution is 2.16. The lowest BCUT2D eigenvalue weighted by molar-refractivity contribution is -0.120. The summed E-state index contributed by atoms with van der Waals surface area (Å²) in [6, 6.07) is 8.22. The van der Waals surface area contributed by atoms with Crippen molar-refractivity contribution >= 4 is 21.8 Å². The molecule has 0 aromatic heterocycles. The van der Waals surface area contributed by atoms with Crippen LogP contribution in [-0.2, 0) is 11.2 Å². The van der Waals surface area contributed by atoms with Gasteiger partial charge in [0.2, 0.25) is 5.91 Å². The van der Waals surface area contributed by atoms with E-state index in [-0.39, 0.29) is 5.91 Å². The summed E-state index contributed by atoms with van der Waals surface area (Å²) in [5.41, 5.74) is 1.02. The van der Waals surface area contributed by atoms with Gasteiger partial charge >= 0.3 is 0 Å². The van der Waals surface area contributed by atoms with Crippen molar-refractivity contribution in [1.29, 1.82) is 0 Å². The number of benzene rings is 1. The SMILES string of the molecule is CN1CCNCC1CNC(=O)Cc1ccccc1Br. The van der Waals surface area contributed by atoms with E-state index in [4.69, 9.17) is 0 Å². The third-order valence-electron chi connectivity index (χ3n) is 3.49. The number of carbonyl (C=O) groups excluding carboxylic acids is 1. The fourth-order valence-electron chi connectivity index (χ4n) is 2.20. The van der Waals surface area contributed by atoms with Crippen molar-refractivity contribution in [2.45, 2.75) is 12.5 Å². The minimum atomic E-state index is 0.0749. The van der Waals surface area contributed by atoms with Gasteiger partial charge < -0.3 is 10.6 Å². The van der Waals surface area contributed by atoms with Crippen LogP contribution in [0.1, 0.15) is 5.56 Å². The molecule has 1 aromatic carbocycles. The Balaban J connectivity index is 1.80. The molecule has 0 aliphatic carbocycles. The average Bonchev–Trinajstić information content (AvgIpc) is 2.40.